The van der Waals surface area contributed by atoms with E-state index in [0.717, 1.165) is 56.2 Å². The Bertz CT molecular complexity index is 525. The zero-order valence-corrected chi connectivity index (χ0v) is 13.0. The molecule has 1 aromatic rings. The lowest BCUT2D eigenvalue weighted by molar-refractivity contribution is 0.0680. The topological polar surface area (TPSA) is 41.6 Å². The maximum absolute atomic E-state index is 12.9. The number of nitrogens with one attached hydrogen (secondary N) is 1. The Morgan fingerprint density at radius 2 is 1.86 bits per heavy atom. The van der Waals surface area contributed by atoms with Gasteiger partial charge in [-0.1, -0.05) is 0 Å². The Balaban J connectivity index is 1.45. The van der Waals surface area contributed by atoms with Gasteiger partial charge in [0.2, 0.25) is 0 Å². The monoisotopic (exact) mass is 300 g/mol. The largest absolute Gasteiger partial charge is 0.493 e. The lowest BCUT2D eigenvalue weighted by Gasteiger charge is -2.28. The summed E-state index contributed by atoms with van der Waals surface area (Å²) in [5, 5.41) is 3.44. The predicted octanol–water partition coefficient (Wildman–Crippen LogP) is 2.44. The van der Waals surface area contributed by atoms with E-state index >= 15 is 0 Å². The van der Waals surface area contributed by atoms with Crippen LogP contribution < -0.4 is 10.1 Å². The van der Waals surface area contributed by atoms with Crippen LogP contribution in [0.2, 0.25) is 0 Å². The molecule has 118 valence electrons. The molecule has 4 rings (SSSR count). The van der Waals surface area contributed by atoms with E-state index < -0.39 is 0 Å². The van der Waals surface area contributed by atoms with Crippen molar-refractivity contribution in [3.05, 3.63) is 29.8 Å². The normalized spacial score (nSPS) is 27.5. The molecule has 2 unspecified atom stereocenters. The number of fused-ring (bicyclic) bond motifs is 2. The molecule has 4 heteroatoms. The Morgan fingerprint density at radius 1 is 1.09 bits per heavy atom. The first-order valence-electron chi connectivity index (χ1n) is 8.57. The summed E-state index contributed by atoms with van der Waals surface area (Å²) in [6.45, 7) is 2.78. The van der Waals surface area contributed by atoms with Gasteiger partial charge in [-0.05, 0) is 68.8 Å². The van der Waals surface area contributed by atoms with Gasteiger partial charge in [-0.25, -0.2) is 0 Å². The highest BCUT2D eigenvalue weighted by Gasteiger charge is 2.38. The molecule has 1 saturated carbocycles. The van der Waals surface area contributed by atoms with Crippen LogP contribution in [0.15, 0.2) is 24.3 Å². The molecule has 0 aromatic heterocycles. The summed E-state index contributed by atoms with van der Waals surface area (Å²) in [5.41, 5.74) is 0.789. The number of amides is 1. The smallest absolute Gasteiger partial charge is 0.254 e. The van der Waals surface area contributed by atoms with Crippen LogP contribution in [0.4, 0.5) is 0 Å². The van der Waals surface area contributed by atoms with E-state index in [9.17, 15) is 4.79 Å². The number of benzene rings is 1. The molecule has 2 heterocycles. The van der Waals surface area contributed by atoms with Crippen LogP contribution in [-0.4, -0.2) is 42.6 Å². The zero-order chi connectivity index (χ0) is 14.9. The number of rotatable bonds is 4. The Hall–Kier alpha value is -1.55. The zero-order valence-electron chi connectivity index (χ0n) is 13.0. The van der Waals surface area contributed by atoms with Gasteiger partial charge in [-0.15, -0.1) is 0 Å². The third-order valence-electron chi connectivity index (χ3n) is 5.17. The van der Waals surface area contributed by atoms with Gasteiger partial charge >= 0.3 is 0 Å². The minimum absolute atomic E-state index is 0.185. The highest BCUT2D eigenvalue weighted by Crippen LogP contribution is 2.31. The van der Waals surface area contributed by atoms with Gasteiger partial charge in [0.1, 0.15) is 5.75 Å². The molecule has 4 nitrogen and oxygen atoms in total. The van der Waals surface area contributed by atoms with Crippen molar-refractivity contribution in [1.29, 1.82) is 0 Å². The number of hydrogen-bond acceptors (Lipinski definition) is 3. The molecule has 0 radical (unpaired) electrons. The van der Waals surface area contributed by atoms with Crippen LogP contribution in [-0.2, 0) is 0 Å². The van der Waals surface area contributed by atoms with E-state index in [0.29, 0.717) is 12.1 Å². The minimum Gasteiger partial charge on any atom is -0.493 e. The van der Waals surface area contributed by atoms with Crippen LogP contribution in [0.1, 0.15) is 42.5 Å². The van der Waals surface area contributed by atoms with Crippen LogP contribution in [0, 0.1) is 5.92 Å². The highest BCUT2D eigenvalue weighted by atomic mass is 16.5. The fourth-order valence-electron chi connectivity index (χ4n) is 3.66. The molecule has 1 aromatic carbocycles. The van der Waals surface area contributed by atoms with Crippen molar-refractivity contribution in [2.24, 2.45) is 5.92 Å². The van der Waals surface area contributed by atoms with Gasteiger partial charge < -0.3 is 15.0 Å². The first kappa shape index (κ1) is 14.1. The second-order valence-electron chi connectivity index (χ2n) is 6.87. The number of carbonyl (C=O) groups is 1. The first-order chi connectivity index (χ1) is 10.8. The Morgan fingerprint density at radius 3 is 2.64 bits per heavy atom. The van der Waals surface area contributed by atoms with E-state index in [4.69, 9.17) is 4.74 Å². The van der Waals surface area contributed by atoms with E-state index in [2.05, 4.69) is 10.2 Å². The van der Waals surface area contributed by atoms with E-state index in [1.165, 1.54) is 12.8 Å². The standard InChI is InChI=1S/C18H24N2O2/c21-18(20-15-5-6-16(20)11-19-10-9-15)14-3-7-17(8-4-14)22-12-13-1-2-13/h3-4,7-8,13,15-16,19H,1-2,5-6,9-12H2. The van der Waals surface area contributed by atoms with Gasteiger partial charge in [0.25, 0.3) is 5.91 Å². The summed E-state index contributed by atoms with van der Waals surface area (Å²) >= 11 is 0. The molecule has 3 aliphatic rings. The average Bonchev–Trinajstić information content (AvgIpc) is 3.29. The van der Waals surface area contributed by atoms with Crippen molar-refractivity contribution in [2.75, 3.05) is 19.7 Å². The van der Waals surface area contributed by atoms with Crippen molar-refractivity contribution in [3.63, 3.8) is 0 Å². The lowest BCUT2D eigenvalue weighted by Crippen LogP contribution is -2.42. The molecular formula is C18H24N2O2. The SMILES string of the molecule is O=C(c1ccc(OCC2CC2)cc1)N1C2CCNCC1CC2. The average molecular weight is 300 g/mol. The summed E-state index contributed by atoms with van der Waals surface area (Å²) in [6.07, 6.45) is 5.95. The molecule has 1 aliphatic carbocycles. The minimum atomic E-state index is 0.185. The fraction of sp³-hybridized carbons (Fsp3) is 0.611. The predicted molar refractivity (Wildman–Crippen MR) is 85.1 cm³/mol. The number of ether oxygens (including phenoxy) is 1. The van der Waals surface area contributed by atoms with E-state index in [1.807, 2.05) is 24.3 Å². The molecule has 2 saturated heterocycles. The van der Waals surface area contributed by atoms with Crippen molar-refractivity contribution < 1.29 is 9.53 Å². The molecular weight excluding hydrogens is 276 g/mol. The van der Waals surface area contributed by atoms with Crippen LogP contribution in [0.5, 0.6) is 5.75 Å². The summed E-state index contributed by atoms with van der Waals surface area (Å²) < 4.78 is 5.75. The Labute approximate surface area is 131 Å². The van der Waals surface area contributed by atoms with Crippen molar-refractivity contribution >= 4 is 5.91 Å². The van der Waals surface area contributed by atoms with Crippen LogP contribution >= 0.6 is 0 Å². The molecule has 2 aliphatic heterocycles. The lowest BCUT2D eigenvalue weighted by atomic mass is 10.1. The molecule has 0 spiro atoms. The van der Waals surface area contributed by atoms with Gasteiger partial charge in [-0.2, -0.15) is 0 Å². The highest BCUT2D eigenvalue weighted by molar-refractivity contribution is 5.95. The quantitative estimate of drug-likeness (QED) is 0.928. The second-order valence-corrected chi connectivity index (χ2v) is 6.87. The summed E-state index contributed by atoms with van der Waals surface area (Å²) in [5.74, 6) is 1.82. The van der Waals surface area contributed by atoms with Crippen molar-refractivity contribution in [2.45, 2.75) is 44.2 Å². The van der Waals surface area contributed by atoms with Gasteiger partial charge in [0.15, 0.2) is 0 Å². The third kappa shape index (κ3) is 2.84. The molecule has 2 bridgehead atoms. The van der Waals surface area contributed by atoms with Crippen LogP contribution in [0.3, 0.4) is 0 Å². The van der Waals surface area contributed by atoms with Crippen molar-refractivity contribution in [3.8, 4) is 5.75 Å². The summed E-state index contributed by atoms with van der Waals surface area (Å²) in [4.78, 5) is 15.0. The molecule has 3 fully saturated rings. The first-order valence-corrected chi connectivity index (χ1v) is 8.57. The maximum Gasteiger partial charge on any atom is 0.254 e. The van der Waals surface area contributed by atoms with Gasteiger partial charge in [-0.3, -0.25) is 4.79 Å². The molecule has 2 atom stereocenters. The van der Waals surface area contributed by atoms with Crippen molar-refractivity contribution in [1.82, 2.24) is 10.2 Å². The molecule has 1 N–H and O–H groups in total. The second kappa shape index (κ2) is 5.92. The molecule has 1 amide bonds. The summed E-state index contributed by atoms with van der Waals surface area (Å²) in [6, 6.07) is 8.50. The maximum atomic E-state index is 12.9. The number of nitrogens with zero attached hydrogens (tertiary/aromatic N) is 1. The van der Waals surface area contributed by atoms with E-state index in [-0.39, 0.29) is 5.91 Å². The summed E-state index contributed by atoms with van der Waals surface area (Å²) in [7, 11) is 0. The van der Waals surface area contributed by atoms with Crippen LogP contribution in [0.25, 0.3) is 0 Å². The fourth-order valence-corrected chi connectivity index (χ4v) is 3.66. The number of carbonyl (C=O) groups excluding carboxylic acids is 1. The third-order valence-corrected chi connectivity index (χ3v) is 5.17. The van der Waals surface area contributed by atoms with Gasteiger partial charge in [0.05, 0.1) is 6.61 Å². The molecule has 22 heavy (non-hydrogen) atoms. The number of hydrogen-bond donors (Lipinski definition) is 1. The van der Waals surface area contributed by atoms with Gasteiger partial charge in [0, 0.05) is 24.2 Å². The Kier molecular flexibility index (Phi) is 3.78. The van der Waals surface area contributed by atoms with E-state index in [1.54, 1.807) is 0 Å².